The highest BCUT2D eigenvalue weighted by molar-refractivity contribution is 7.15. The molecule has 0 atom stereocenters. The van der Waals surface area contributed by atoms with Crippen molar-refractivity contribution < 1.29 is 14.3 Å². The van der Waals surface area contributed by atoms with Gasteiger partial charge in [-0.25, -0.2) is 0 Å². The molecule has 0 fully saturated rings. The molecule has 0 bridgehead atoms. The van der Waals surface area contributed by atoms with E-state index in [9.17, 15) is 4.79 Å². The van der Waals surface area contributed by atoms with Crippen molar-refractivity contribution in [2.24, 2.45) is 0 Å². The van der Waals surface area contributed by atoms with Crippen LogP contribution >= 0.6 is 11.3 Å². The van der Waals surface area contributed by atoms with Gasteiger partial charge in [-0.15, -0.1) is 10.2 Å². The van der Waals surface area contributed by atoms with E-state index in [0.717, 1.165) is 10.8 Å². The zero-order valence-corrected chi connectivity index (χ0v) is 13.7. The first kappa shape index (κ1) is 15.9. The van der Waals surface area contributed by atoms with Crippen molar-refractivity contribution in [2.75, 3.05) is 11.9 Å². The maximum atomic E-state index is 11.8. The van der Waals surface area contributed by atoms with Crippen LogP contribution in [0.5, 0.6) is 17.2 Å². The summed E-state index contributed by atoms with van der Waals surface area (Å²) in [4.78, 5) is 11.8. The Morgan fingerprint density at radius 3 is 2.33 bits per heavy atom. The molecule has 3 rings (SSSR count). The Labute approximate surface area is 143 Å². The molecule has 1 heterocycles. The normalized spacial score (nSPS) is 10.2. The topological polar surface area (TPSA) is 73.3 Å². The monoisotopic (exact) mass is 341 g/mol. The minimum absolute atomic E-state index is 0.0997. The number of anilines is 1. The predicted octanol–water partition coefficient (Wildman–Crippen LogP) is 3.66. The van der Waals surface area contributed by atoms with Crippen molar-refractivity contribution in [2.45, 2.75) is 6.92 Å². The van der Waals surface area contributed by atoms with Gasteiger partial charge in [0.2, 0.25) is 5.13 Å². The summed E-state index contributed by atoms with van der Waals surface area (Å²) in [6, 6.07) is 16.6. The maximum Gasteiger partial charge on any atom is 0.264 e. The first-order valence-electron chi connectivity index (χ1n) is 7.25. The molecular formula is C17H15N3O3S. The van der Waals surface area contributed by atoms with E-state index in [2.05, 4.69) is 15.5 Å². The fourth-order valence-electron chi connectivity index (χ4n) is 1.88. The molecule has 3 aromatic rings. The summed E-state index contributed by atoms with van der Waals surface area (Å²) in [7, 11) is 0. The molecule has 0 aliphatic carbocycles. The van der Waals surface area contributed by atoms with Gasteiger partial charge in [0.15, 0.2) is 6.61 Å². The lowest BCUT2D eigenvalue weighted by atomic mass is 10.3. The van der Waals surface area contributed by atoms with E-state index in [1.165, 1.54) is 11.3 Å². The second-order valence-electron chi connectivity index (χ2n) is 4.85. The van der Waals surface area contributed by atoms with Crippen molar-refractivity contribution in [3.63, 3.8) is 0 Å². The number of ether oxygens (including phenoxy) is 2. The van der Waals surface area contributed by atoms with Crippen LogP contribution in [0.2, 0.25) is 0 Å². The van der Waals surface area contributed by atoms with Gasteiger partial charge in [-0.3, -0.25) is 10.1 Å². The summed E-state index contributed by atoms with van der Waals surface area (Å²) in [6.07, 6.45) is 0. The van der Waals surface area contributed by atoms with Crippen molar-refractivity contribution in [3.05, 3.63) is 59.6 Å². The van der Waals surface area contributed by atoms with Crippen molar-refractivity contribution in [1.82, 2.24) is 10.2 Å². The molecule has 0 aliphatic rings. The van der Waals surface area contributed by atoms with Gasteiger partial charge in [0.25, 0.3) is 5.91 Å². The van der Waals surface area contributed by atoms with Crippen LogP contribution in [0, 0.1) is 6.92 Å². The molecular weight excluding hydrogens is 326 g/mol. The lowest BCUT2D eigenvalue weighted by molar-refractivity contribution is -0.118. The van der Waals surface area contributed by atoms with Crippen LogP contribution in [-0.4, -0.2) is 22.7 Å². The third-order valence-corrected chi connectivity index (χ3v) is 3.70. The summed E-state index contributed by atoms with van der Waals surface area (Å²) in [6.45, 7) is 1.72. The molecule has 0 saturated heterocycles. The van der Waals surface area contributed by atoms with E-state index < -0.39 is 0 Å². The maximum absolute atomic E-state index is 11.8. The highest BCUT2D eigenvalue weighted by atomic mass is 32.1. The Kier molecular flexibility index (Phi) is 5.02. The molecule has 1 amide bonds. The SMILES string of the molecule is Cc1nnc(NC(=O)COc2ccc(Oc3ccccc3)cc2)s1. The minimum Gasteiger partial charge on any atom is -0.484 e. The molecule has 24 heavy (non-hydrogen) atoms. The van der Waals surface area contributed by atoms with E-state index in [1.54, 1.807) is 24.3 Å². The van der Waals surface area contributed by atoms with Gasteiger partial charge in [0.1, 0.15) is 22.3 Å². The number of para-hydroxylation sites is 1. The molecule has 0 spiro atoms. The molecule has 7 heteroatoms. The molecule has 122 valence electrons. The van der Waals surface area contributed by atoms with Crippen LogP contribution in [-0.2, 0) is 4.79 Å². The number of aromatic nitrogens is 2. The molecule has 1 N–H and O–H groups in total. The lowest BCUT2D eigenvalue weighted by Crippen LogP contribution is -2.20. The molecule has 0 aliphatic heterocycles. The Morgan fingerprint density at radius 2 is 1.67 bits per heavy atom. The average Bonchev–Trinajstić information content (AvgIpc) is 3.00. The minimum atomic E-state index is -0.282. The number of hydrogen-bond acceptors (Lipinski definition) is 6. The fraction of sp³-hybridized carbons (Fsp3) is 0.118. The molecule has 0 radical (unpaired) electrons. The summed E-state index contributed by atoms with van der Waals surface area (Å²) >= 11 is 1.31. The highest BCUT2D eigenvalue weighted by Gasteiger charge is 2.07. The van der Waals surface area contributed by atoms with Crippen LogP contribution in [0.3, 0.4) is 0 Å². The third kappa shape index (κ3) is 4.53. The third-order valence-electron chi connectivity index (χ3n) is 2.94. The van der Waals surface area contributed by atoms with Gasteiger partial charge in [-0.1, -0.05) is 29.5 Å². The first-order valence-corrected chi connectivity index (χ1v) is 8.06. The Bertz CT molecular complexity index is 803. The van der Waals surface area contributed by atoms with Gasteiger partial charge in [-0.05, 0) is 43.3 Å². The van der Waals surface area contributed by atoms with E-state index in [1.807, 2.05) is 37.3 Å². The number of carbonyl (C=O) groups excluding carboxylic acids is 1. The van der Waals surface area contributed by atoms with E-state index in [-0.39, 0.29) is 12.5 Å². The van der Waals surface area contributed by atoms with Gasteiger partial charge in [0, 0.05) is 0 Å². The number of benzene rings is 2. The van der Waals surface area contributed by atoms with Gasteiger partial charge in [-0.2, -0.15) is 0 Å². The number of carbonyl (C=O) groups is 1. The second kappa shape index (κ2) is 7.56. The number of rotatable bonds is 6. The number of nitrogens with one attached hydrogen (secondary N) is 1. The van der Waals surface area contributed by atoms with E-state index in [4.69, 9.17) is 9.47 Å². The fourth-order valence-corrected chi connectivity index (χ4v) is 2.49. The number of nitrogens with zero attached hydrogens (tertiary/aromatic N) is 2. The van der Waals surface area contributed by atoms with Crippen molar-refractivity contribution in [3.8, 4) is 17.2 Å². The molecule has 0 unspecified atom stereocenters. The van der Waals surface area contributed by atoms with Crippen LogP contribution in [0.15, 0.2) is 54.6 Å². The summed E-state index contributed by atoms with van der Waals surface area (Å²) in [5.74, 6) is 1.76. The van der Waals surface area contributed by atoms with Crippen LogP contribution < -0.4 is 14.8 Å². The van der Waals surface area contributed by atoms with Gasteiger partial charge in [0.05, 0.1) is 0 Å². The average molecular weight is 341 g/mol. The summed E-state index contributed by atoms with van der Waals surface area (Å²) < 4.78 is 11.1. The summed E-state index contributed by atoms with van der Waals surface area (Å²) in [5, 5.41) is 11.5. The quantitative estimate of drug-likeness (QED) is 0.741. The van der Waals surface area contributed by atoms with Gasteiger partial charge >= 0.3 is 0 Å². The standard InChI is InChI=1S/C17H15N3O3S/c1-12-19-20-17(24-12)18-16(21)11-22-13-7-9-15(10-8-13)23-14-5-3-2-4-6-14/h2-10H,11H2,1H3,(H,18,20,21). The van der Waals surface area contributed by atoms with Crippen LogP contribution in [0.4, 0.5) is 5.13 Å². The number of amides is 1. The zero-order chi connectivity index (χ0) is 16.8. The van der Waals surface area contributed by atoms with Crippen molar-refractivity contribution in [1.29, 1.82) is 0 Å². The largest absolute Gasteiger partial charge is 0.484 e. The van der Waals surface area contributed by atoms with Crippen LogP contribution in [0.1, 0.15) is 5.01 Å². The second-order valence-corrected chi connectivity index (χ2v) is 6.03. The van der Waals surface area contributed by atoms with E-state index in [0.29, 0.717) is 16.6 Å². The lowest BCUT2D eigenvalue weighted by Gasteiger charge is -2.08. The van der Waals surface area contributed by atoms with Crippen LogP contribution in [0.25, 0.3) is 0 Å². The van der Waals surface area contributed by atoms with E-state index >= 15 is 0 Å². The molecule has 1 aromatic heterocycles. The highest BCUT2D eigenvalue weighted by Crippen LogP contribution is 2.23. The Balaban J connectivity index is 1.50. The first-order chi connectivity index (χ1) is 11.7. The predicted molar refractivity (Wildman–Crippen MR) is 91.7 cm³/mol. The Morgan fingerprint density at radius 1 is 1.00 bits per heavy atom. The number of hydrogen-bond donors (Lipinski definition) is 1. The molecule has 6 nitrogen and oxygen atoms in total. The number of aryl methyl sites for hydroxylation is 1. The molecule has 2 aromatic carbocycles. The summed E-state index contributed by atoms with van der Waals surface area (Å²) in [5.41, 5.74) is 0. The smallest absolute Gasteiger partial charge is 0.264 e. The molecule has 0 saturated carbocycles. The Hall–Kier alpha value is -2.93. The zero-order valence-electron chi connectivity index (χ0n) is 12.9. The van der Waals surface area contributed by atoms with Gasteiger partial charge < -0.3 is 9.47 Å². The van der Waals surface area contributed by atoms with Crippen molar-refractivity contribution >= 4 is 22.4 Å².